The SMILES string of the molecule is c1ccc(CNc2nccc(NCCc3c[nH]c4ccccc34)n2)cc1. The number of hydrogen-bond donors (Lipinski definition) is 3. The largest absolute Gasteiger partial charge is 0.370 e. The highest BCUT2D eigenvalue weighted by molar-refractivity contribution is 5.83. The van der Waals surface area contributed by atoms with Crippen molar-refractivity contribution < 1.29 is 0 Å². The molecule has 2 aromatic heterocycles. The van der Waals surface area contributed by atoms with Crippen molar-refractivity contribution in [2.45, 2.75) is 13.0 Å². The lowest BCUT2D eigenvalue weighted by molar-refractivity contribution is 0.997. The number of aromatic nitrogens is 3. The molecule has 0 spiro atoms. The van der Waals surface area contributed by atoms with Crippen LogP contribution in [0.1, 0.15) is 11.1 Å². The van der Waals surface area contributed by atoms with Crippen molar-refractivity contribution in [3.05, 3.63) is 84.2 Å². The first-order chi connectivity index (χ1) is 12.9. The molecule has 0 fully saturated rings. The molecule has 0 unspecified atom stereocenters. The van der Waals surface area contributed by atoms with Crippen LogP contribution in [0, 0.1) is 0 Å². The van der Waals surface area contributed by atoms with Gasteiger partial charge in [0.05, 0.1) is 0 Å². The molecule has 0 bridgehead atoms. The van der Waals surface area contributed by atoms with E-state index in [4.69, 9.17) is 0 Å². The first-order valence-corrected chi connectivity index (χ1v) is 8.78. The number of fused-ring (bicyclic) bond motifs is 1. The normalized spacial score (nSPS) is 10.8. The Hall–Kier alpha value is -3.34. The maximum atomic E-state index is 4.53. The lowest BCUT2D eigenvalue weighted by atomic mass is 10.1. The number of hydrogen-bond acceptors (Lipinski definition) is 4. The third-order valence-corrected chi connectivity index (χ3v) is 4.32. The van der Waals surface area contributed by atoms with Crippen LogP contribution < -0.4 is 10.6 Å². The summed E-state index contributed by atoms with van der Waals surface area (Å²) in [6, 6.07) is 20.5. The Bertz CT molecular complexity index is 978. The van der Waals surface area contributed by atoms with Crippen molar-refractivity contribution in [3.63, 3.8) is 0 Å². The van der Waals surface area contributed by atoms with Crippen molar-refractivity contribution in [3.8, 4) is 0 Å². The summed E-state index contributed by atoms with van der Waals surface area (Å²) in [5, 5.41) is 7.92. The molecule has 4 rings (SSSR count). The molecule has 4 aromatic rings. The molecule has 5 nitrogen and oxygen atoms in total. The monoisotopic (exact) mass is 343 g/mol. The summed E-state index contributed by atoms with van der Waals surface area (Å²) >= 11 is 0. The highest BCUT2D eigenvalue weighted by Crippen LogP contribution is 2.18. The summed E-state index contributed by atoms with van der Waals surface area (Å²) in [6.45, 7) is 1.52. The molecule has 26 heavy (non-hydrogen) atoms. The first-order valence-electron chi connectivity index (χ1n) is 8.78. The second-order valence-electron chi connectivity index (χ2n) is 6.14. The molecular formula is C21H21N5. The predicted octanol–water partition coefficient (Wildman–Crippen LogP) is 4.22. The zero-order chi connectivity index (χ0) is 17.6. The molecule has 130 valence electrons. The van der Waals surface area contributed by atoms with Crippen molar-refractivity contribution in [1.29, 1.82) is 0 Å². The zero-order valence-electron chi connectivity index (χ0n) is 14.4. The van der Waals surface area contributed by atoms with Gasteiger partial charge in [-0.1, -0.05) is 48.5 Å². The molecule has 3 N–H and O–H groups in total. The van der Waals surface area contributed by atoms with Crippen LogP contribution in [0.15, 0.2) is 73.1 Å². The number of aromatic amines is 1. The van der Waals surface area contributed by atoms with Gasteiger partial charge in [0.2, 0.25) is 5.95 Å². The number of nitrogens with zero attached hydrogens (tertiary/aromatic N) is 2. The molecule has 0 saturated carbocycles. The van der Waals surface area contributed by atoms with Crippen molar-refractivity contribution in [2.75, 3.05) is 17.2 Å². The van der Waals surface area contributed by atoms with Gasteiger partial charge in [-0.2, -0.15) is 4.98 Å². The fourth-order valence-electron chi connectivity index (χ4n) is 2.98. The van der Waals surface area contributed by atoms with Gasteiger partial charge < -0.3 is 15.6 Å². The average Bonchev–Trinajstić information content (AvgIpc) is 3.11. The topological polar surface area (TPSA) is 65.6 Å². The minimum absolute atomic E-state index is 0.631. The summed E-state index contributed by atoms with van der Waals surface area (Å²) in [4.78, 5) is 12.1. The molecule has 0 aliphatic carbocycles. The molecule has 0 aliphatic rings. The van der Waals surface area contributed by atoms with Crippen molar-refractivity contribution >= 4 is 22.7 Å². The second-order valence-corrected chi connectivity index (χ2v) is 6.14. The Balaban J connectivity index is 1.33. The van der Waals surface area contributed by atoms with Gasteiger partial charge in [-0.05, 0) is 29.7 Å². The molecule has 5 heteroatoms. The van der Waals surface area contributed by atoms with Crippen LogP contribution in [0.2, 0.25) is 0 Å². The summed E-state index contributed by atoms with van der Waals surface area (Å²) < 4.78 is 0. The van der Waals surface area contributed by atoms with Crippen LogP contribution >= 0.6 is 0 Å². The molecule has 0 radical (unpaired) electrons. The smallest absolute Gasteiger partial charge is 0.224 e. The molecule has 2 heterocycles. The molecule has 2 aromatic carbocycles. The average molecular weight is 343 g/mol. The van der Waals surface area contributed by atoms with E-state index in [2.05, 4.69) is 62.1 Å². The van der Waals surface area contributed by atoms with E-state index in [0.717, 1.165) is 18.8 Å². The van der Waals surface area contributed by atoms with Gasteiger partial charge in [-0.25, -0.2) is 4.98 Å². The fourth-order valence-corrected chi connectivity index (χ4v) is 2.98. The molecule has 0 atom stereocenters. The number of para-hydroxylation sites is 1. The standard InChI is InChI=1S/C21H21N5/c1-2-6-16(7-3-1)14-25-21-23-13-11-20(26-21)22-12-10-17-15-24-19-9-5-4-8-18(17)19/h1-9,11,13,15,24H,10,12,14H2,(H2,22,23,25,26). The Labute approximate surface area is 152 Å². The molecular weight excluding hydrogens is 322 g/mol. The van der Waals surface area contributed by atoms with Crippen LogP contribution in [-0.4, -0.2) is 21.5 Å². The van der Waals surface area contributed by atoms with Crippen LogP contribution in [0.5, 0.6) is 0 Å². The van der Waals surface area contributed by atoms with E-state index in [1.807, 2.05) is 30.3 Å². The number of rotatable bonds is 7. The van der Waals surface area contributed by atoms with Crippen LogP contribution in [-0.2, 0) is 13.0 Å². The number of H-pyrrole nitrogens is 1. The molecule has 0 aliphatic heterocycles. The van der Waals surface area contributed by atoms with E-state index in [9.17, 15) is 0 Å². The Morgan fingerprint density at radius 3 is 2.65 bits per heavy atom. The highest BCUT2D eigenvalue weighted by Gasteiger charge is 2.03. The highest BCUT2D eigenvalue weighted by atomic mass is 15.1. The number of benzene rings is 2. The lowest BCUT2D eigenvalue weighted by Crippen LogP contribution is -2.09. The van der Waals surface area contributed by atoms with Crippen LogP contribution in [0.25, 0.3) is 10.9 Å². The first kappa shape index (κ1) is 16.1. The zero-order valence-corrected chi connectivity index (χ0v) is 14.4. The van der Waals surface area contributed by atoms with Gasteiger partial charge in [-0.15, -0.1) is 0 Å². The minimum atomic E-state index is 0.631. The molecule has 0 amide bonds. The van der Waals surface area contributed by atoms with Gasteiger partial charge in [0.1, 0.15) is 5.82 Å². The van der Waals surface area contributed by atoms with Gasteiger partial charge in [0, 0.05) is 36.4 Å². The Morgan fingerprint density at radius 2 is 1.73 bits per heavy atom. The van der Waals surface area contributed by atoms with E-state index in [0.29, 0.717) is 12.5 Å². The molecule has 0 saturated heterocycles. The van der Waals surface area contributed by atoms with E-state index in [1.165, 1.54) is 22.0 Å². The minimum Gasteiger partial charge on any atom is -0.370 e. The van der Waals surface area contributed by atoms with Crippen LogP contribution in [0.4, 0.5) is 11.8 Å². The maximum Gasteiger partial charge on any atom is 0.224 e. The van der Waals surface area contributed by atoms with Gasteiger partial charge in [0.25, 0.3) is 0 Å². The third kappa shape index (κ3) is 3.83. The lowest BCUT2D eigenvalue weighted by Gasteiger charge is -2.08. The van der Waals surface area contributed by atoms with E-state index < -0.39 is 0 Å². The maximum absolute atomic E-state index is 4.53. The fraction of sp³-hybridized carbons (Fsp3) is 0.143. The van der Waals surface area contributed by atoms with E-state index in [-0.39, 0.29) is 0 Å². The van der Waals surface area contributed by atoms with E-state index in [1.54, 1.807) is 6.20 Å². The number of nitrogens with one attached hydrogen (secondary N) is 3. The summed E-state index contributed by atoms with van der Waals surface area (Å²) in [6.07, 6.45) is 4.79. The van der Waals surface area contributed by atoms with Crippen LogP contribution in [0.3, 0.4) is 0 Å². The third-order valence-electron chi connectivity index (χ3n) is 4.32. The van der Waals surface area contributed by atoms with Crippen molar-refractivity contribution in [2.24, 2.45) is 0 Å². The Kier molecular flexibility index (Phi) is 4.78. The summed E-state index contributed by atoms with van der Waals surface area (Å²) in [5.41, 5.74) is 3.69. The van der Waals surface area contributed by atoms with Gasteiger partial charge in [0.15, 0.2) is 0 Å². The number of anilines is 2. The quantitative estimate of drug-likeness (QED) is 0.470. The van der Waals surface area contributed by atoms with Gasteiger partial charge in [-0.3, -0.25) is 0 Å². The summed E-state index contributed by atoms with van der Waals surface area (Å²) in [5.74, 6) is 1.46. The Morgan fingerprint density at radius 1 is 0.885 bits per heavy atom. The summed E-state index contributed by atoms with van der Waals surface area (Å²) in [7, 11) is 0. The predicted molar refractivity (Wildman–Crippen MR) is 106 cm³/mol. The van der Waals surface area contributed by atoms with Gasteiger partial charge >= 0.3 is 0 Å². The second kappa shape index (κ2) is 7.70. The van der Waals surface area contributed by atoms with Crippen molar-refractivity contribution in [1.82, 2.24) is 15.0 Å². The van der Waals surface area contributed by atoms with E-state index >= 15 is 0 Å².